The second kappa shape index (κ2) is 7.14. The lowest BCUT2D eigenvalue weighted by molar-refractivity contribution is 0.0997. The Morgan fingerprint density at radius 1 is 1.24 bits per heavy atom. The van der Waals surface area contributed by atoms with E-state index in [1.807, 2.05) is 30.3 Å². The Labute approximate surface area is 146 Å². The van der Waals surface area contributed by atoms with Gasteiger partial charge in [-0.05, 0) is 25.0 Å². The molecule has 0 aliphatic carbocycles. The van der Waals surface area contributed by atoms with E-state index in [0.29, 0.717) is 13.2 Å². The number of anilines is 2. The van der Waals surface area contributed by atoms with Crippen LogP contribution in [0.3, 0.4) is 0 Å². The van der Waals surface area contributed by atoms with Crippen LogP contribution in [-0.4, -0.2) is 53.5 Å². The molecule has 0 amide bonds. The van der Waals surface area contributed by atoms with Crippen LogP contribution in [0.2, 0.25) is 0 Å². The average Bonchev–Trinajstić information content (AvgIpc) is 3.15. The van der Waals surface area contributed by atoms with Crippen LogP contribution in [0.25, 0.3) is 0 Å². The van der Waals surface area contributed by atoms with E-state index in [0.717, 1.165) is 42.5 Å². The van der Waals surface area contributed by atoms with Crippen molar-refractivity contribution in [2.45, 2.75) is 25.0 Å². The lowest BCUT2D eigenvalue weighted by Gasteiger charge is -2.27. The highest BCUT2D eigenvalue weighted by Gasteiger charge is 2.25. The van der Waals surface area contributed by atoms with Gasteiger partial charge in [0.2, 0.25) is 0 Å². The van der Waals surface area contributed by atoms with Gasteiger partial charge in [0.1, 0.15) is 30.7 Å². The van der Waals surface area contributed by atoms with Gasteiger partial charge in [-0.25, -0.2) is 9.97 Å². The van der Waals surface area contributed by atoms with Gasteiger partial charge in [0, 0.05) is 12.6 Å². The molecule has 3 heterocycles. The Balaban J connectivity index is 1.38. The van der Waals surface area contributed by atoms with E-state index in [4.69, 9.17) is 9.47 Å². The van der Waals surface area contributed by atoms with E-state index in [1.54, 1.807) is 6.33 Å². The fourth-order valence-corrected chi connectivity index (χ4v) is 3.31. The molecule has 2 atom stereocenters. The quantitative estimate of drug-likeness (QED) is 0.856. The summed E-state index contributed by atoms with van der Waals surface area (Å²) in [6.07, 6.45) is 3.55. The van der Waals surface area contributed by atoms with Gasteiger partial charge in [-0.2, -0.15) is 0 Å². The molecule has 2 aromatic rings. The Bertz CT molecular complexity index is 727. The van der Waals surface area contributed by atoms with E-state index in [9.17, 15) is 5.11 Å². The Hall–Kier alpha value is -2.54. The minimum absolute atomic E-state index is 0.0784. The van der Waals surface area contributed by atoms with Crippen molar-refractivity contribution in [3.8, 4) is 11.5 Å². The number of hydrogen-bond donors (Lipinski definition) is 2. The molecule has 25 heavy (non-hydrogen) atoms. The number of nitrogens with zero attached hydrogens (tertiary/aromatic N) is 3. The average molecular weight is 342 g/mol. The molecule has 0 radical (unpaired) electrons. The first-order valence-electron chi connectivity index (χ1n) is 8.65. The maximum Gasteiger partial charge on any atom is 0.161 e. The second-order valence-electron chi connectivity index (χ2n) is 6.31. The topological polar surface area (TPSA) is 79.7 Å². The van der Waals surface area contributed by atoms with Gasteiger partial charge in [0.15, 0.2) is 11.5 Å². The third-order valence-electron chi connectivity index (χ3n) is 4.61. The van der Waals surface area contributed by atoms with Crippen LogP contribution in [-0.2, 0) is 0 Å². The van der Waals surface area contributed by atoms with Gasteiger partial charge in [0.25, 0.3) is 0 Å². The highest BCUT2D eigenvalue weighted by molar-refractivity contribution is 5.50. The van der Waals surface area contributed by atoms with Crippen molar-refractivity contribution in [2.24, 2.45) is 0 Å². The number of ether oxygens (including phenoxy) is 2. The van der Waals surface area contributed by atoms with Crippen molar-refractivity contribution in [1.82, 2.24) is 9.97 Å². The van der Waals surface area contributed by atoms with E-state index in [-0.39, 0.29) is 18.8 Å². The lowest BCUT2D eigenvalue weighted by atomic mass is 10.2. The third kappa shape index (κ3) is 3.46. The van der Waals surface area contributed by atoms with Gasteiger partial charge < -0.3 is 24.8 Å². The SMILES string of the molecule is OC[C@@H]1CCCN1c1cc(NC[C@@H]2COc3ccccc3O2)ncn1. The fraction of sp³-hybridized carbons (Fsp3) is 0.444. The first kappa shape index (κ1) is 16.0. The molecule has 7 nitrogen and oxygen atoms in total. The summed E-state index contributed by atoms with van der Waals surface area (Å²) in [6.45, 7) is 2.16. The monoisotopic (exact) mass is 342 g/mol. The number of fused-ring (bicyclic) bond motifs is 1. The first-order chi connectivity index (χ1) is 12.3. The predicted molar refractivity (Wildman–Crippen MR) is 94.3 cm³/mol. The number of nitrogens with one attached hydrogen (secondary N) is 1. The van der Waals surface area contributed by atoms with E-state index in [2.05, 4.69) is 20.2 Å². The van der Waals surface area contributed by atoms with Crippen LogP contribution in [0, 0.1) is 0 Å². The van der Waals surface area contributed by atoms with E-state index >= 15 is 0 Å². The fourth-order valence-electron chi connectivity index (χ4n) is 3.31. The van der Waals surface area contributed by atoms with Crippen LogP contribution in [0.15, 0.2) is 36.7 Å². The number of para-hydroxylation sites is 2. The molecule has 4 rings (SSSR count). The standard InChI is InChI=1S/C18H22N4O3/c23-10-13-4-3-7-22(13)18-8-17(20-12-21-18)19-9-14-11-24-15-5-1-2-6-16(15)25-14/h1-2,5-6,8,12-14,23H,3-4,7,9-11H2,(H,19,20,21)/t13-,14+/m0/s1. The van der Waals surface area contributed by atoms with Crippen molar-refractivity contribution < 1.29 is 14.6 Å². The van der Waals surface area contributed by atoms with Crippen LogP contribution < -0.4 is 19.7 Å². The molecule has 7 heteroatoms. The summed E-state index contributed by atoms with van der Waals surface area (Å²) in [4.78, 5) is 10.8. The molecule has 1 saturated heterocycles. The molecule has 2 aliphatic heterocycles. The van der Waals surface area contributed by atoms with Crippen LogP contribution in [0.1, 0.15) is 12.8 Å². The predicted octanol–water partition coefficient (Wildman–Crippen LogP) is 1.69. The highest BCUT2D eigenvalue weighted by atomic mass is 16.6. The van der Waals surface area contributed by atoms with Crippen molar-refractivity contribution in [2.75, 3.05) is 36.5 Å². The van der Waals surface area contributed by atoms with Gasteiger partial charge in [-0.3, -0.25) is 0 Å². The normalized spacial score (nSPS) is 22.0. The van der Waals surface area contributed by atoms with Gasteiger partial charge in [-0.15, -0.1) is 0 Å². The Morgan fingerprint density at radius 2 is 2.12 bits per heavy atom. The zero-order chi connectivity index (χ0) is 17.1. The molecule has 1 aromatic heterocycles. The zero-order valence-electron chi connectivity index (χ0n) is 14.0. The molecule has 1 fully saturated rings. The molecule has 0 bridgehead atoms. The van der Waals surface area contributed by atoms with Crippen LogP contribution in [0.5, 0.6) is 11.5 Å². The number of aliphatic hydroxyl groups excluding tert-OH is 1. The number of benzene rings is 1. The maximum atomic E-state index is 9.49. The summed E-state index contributed by atoms with van der Waals surface area (Å²) in [6, 6.07) is 9.75. The minimum atomic E-state index is -0.0784. The summed E-state index contributed by atoms with van der Waals surface area (Å²) in [5, 5.41) is 12.8. The minimum Gasteiger partial charge on any atom is -0.486 e. The van der Waals surface area contributed by atoms with Crippen molar-refractivity contribution in [3.63, 3.8) is 0 Å². The summed E-state index contributed by atoms with van der Waals surface area (Å²) < 4.78 is 11.7. The maximum absolute atomic E-state index is 9.49. The molecule has 1 aromatic carbocycles. The molecule has 0 spiro atoms. The lowest BCUT2D eigenvalue weighted by Crippen LogP contribution is -2.35. The van der Waals surface area contributed by atoms with Crippen molar-refractivity contribution in [1.29, 1.82) is 0 Å². The molecule has 2 N–H and O–H groups in total. The molecule has 2 aliphatic rings. The van der Waals surface area contributed by atoms with Gasteiger partial charge >= 0.3 is 0 Å². The van der Waals surface area contributed by atoms with Gasteiger partial charge in [-0.1, -0.05) is 12.1 Å². The zero-order valence-corrected chi connectivity index (χ0v) is 14.0. The highest BCUT2D eigenvalue weighted by Crippen LogP contribution is 2.31. The Kier molecular flexibility index (Phi) is 4.56. The third-order valence-corrected chi connectivity index (χ3v) is 4.61. The largest absolute Gasteiger partial charge is 0.486 e. The van der Waals surface area contributed by atoms with Crippen LogP contribution in [0.4, 0.5) is 11.6 Å². The number of aromatic nitrogens is 2. The van der Waals surface area contributed by atoms with Crippen LogP contribution >= 0.6 is 0 Å². The van der Waals surface area contributed by atoms with Gasteiger partial charge in [0.05, 0.1) is 19.2 Å². The smallest absolute Gasteiger partial charge is 0.161 e. The molecular formula is C18H22N4O3. The number of rotatable bonds is 5. The summed E-state index contributed by atoms with van der Waals surface area (Å²) in [7, 11) is 0. The van der Waals surface area contributed by atoms with Crippen molar-refractivity contribution >= 4 is 11.6 Å². The van der Waals surface area contributed by atoms with E-state index in [1.165, 1.54) is 0 Å². The molecule has 0 unspecified atom stereocenters. The first-order valence-corrected chi connectivity index (χ1v) is 8.65. The number of aliphatic hydroxyl groups is 1. The number of hydrogen-bond acceptors (Lipinski definition) is 7. The summed E-state index contributed by atoms with van der Waals surface area (Å²) in [5.74, 6) is 3.15. The molecule has 132 valence electrons. The second-order valence-corrected chi connectivity index (χ2v) is 6.31. The van der Waals surface area contributed by atoms with Crippen molar-refractivity contribution in [3.05, 3.63) is 36.7 Å². The molecule has 0 saturated carbocycles. The van der Waals surface area contributed by atoms with E-state index < -0.39 is 0 Å². The summed E-state index contributed by atoms with van der Waals surface area (Å²) in [5.41, 5.74) is 0. The Morgan fingerprint density at radius 3 is 3.00 bits per heavy atom. The summed E-state index contributed by atoms with van der Waals surface area (Å²) >= 11 is 0. The molecular weight excluding hydrogens is 320 g/mol.